The predicted octanol–water partition coefficient (Wildman–Crippen LogP) is 3.45. The normalized spacial score (nSPS) is 13.0. The second kappa shape index (κ2) is 9.19. The van der Waals surface area contributed by atoms with Gasteiger partial charge in [0, 0.05) is 13.0 Å². The Hall–Kier alpha value is -1.81. The number of ether oxygens (including phenoxy) is 2. The van der Waals surface area contributed by atoms with Crippen molar-refractivity contribution >= 4 is 5.97 Å². The van der Waals surface area contributed by atoms with Crippen molar-refractivity contribution in [2.24, 2.45) is 0 Å². The first kappa shape index (κ1) is 17.2. The molecule has 0 bridgehead atoms. The van der Waals surface area contributed by atoms with Gasteiger partial charge in [0.05, 0.1) is 0 Å². The van der Waals surface area contributed by atoms with Gasteiger partial charge in [0.2, 0.25) is 0 Å². The number of aliphatic carboxylic acids is 1. The van der Waals surface area contributed by atoms with Crippen LogP contribution in [0.4, 0.5) is 0 Å². The standard InChI is InChI=1S/C17H24O4/c1-4-13(3)10-11-21-15-8-6-14(7-9-15)12-16(17(18)19)20-5-2/h6-10,16H,4-5,11-12H2,1-3H3,(H,18,19). The SMILES string of the molecule is CCOC(Cc1ccc(OCC=C(C)CC)cc1)C(=O)O. The van der Waals surface area contributed by atoms with Gasteiger partial charge in [0.1, 0.15) is 12.4 Å². The lowest BCUT2D eigenvalue weighted by Gasteiger charge is -2.12. The van der Waals surface area contributed by atoms with Gasteiger partial charge in [-0.15, -0.1) is 0 Å². The number of benzene rings is 1. The summed E-state index contributed by atoms with van der Waals surface area (Å²) in [5.74, 6) is -0.153. The van der Waals surface area contributed by atoms with Crippen LogP contribution in [0.1, 0.15) is 32.8 Å². The van der Waals surface area contributed by atoms with E-state index in [-0.39, 0.29) is 0 Å². The highest BCUT2D eigenvalue weighted by atomic mass is 16.5. The zero-order valence-electron chi connectivity index (χ0n) is 13.0. The molecule has 1 rings (SSSR count). The number of hydrogen-bond acceptors (Lipinski definition) is 3. The van der Waals surface area contributed by atoms with E-state index in [4.69, 9.17) is 14.6 Å². The zero-order chi connectivity index (χ0) is 15.7. The molecule has 116 valence electrons. The van der Waals surface area contributed by atoms with E-state index < -0.39 is 12.1 Å². The number of carboxylic acids is 1. The summed E-state index contributed by atoms with van der Waals surface area (Å²) in [5, 5.41) is 9.06. The van der Waals surface area contributed by atoms with Crippen LogP contribution in [-0.2, 0) is 16.0 Å². The van der Waals surface area contributed by atoms with E-state index in [9.17, 15) is 4.79 Å². The minimum absolute atomic E-state index is 0.359. The Labute approximate surface area is 126 Å². The summed E-state index contributed by atoms with van der Waals surface area (Å²) in [5.41, 5.74) is 2.22. The van der Waals surface area contributed by atoms with E-state index in [0.717, 1.165) is 17.7 Å². The van der Waals surface area contributed by atoms with E-state index in [1.54, 1.807) is 6.92 Å². The molecule has 0 aromatic heterocycles. The lowest BCUT2D eigenvalue weighted by Crippen LogP contribution is -2.26. The maximum absolute atomic E-state index is 11.0. The summed E-state index contributed by atoms with van der Waals surface area (Å²) in [6.07, 6.45) is 2.65. The van der Waals surface area contributed by atoms with Gasteiger partial charge in [0.25, 0.3) is 0 Å². The molecule has 0 aliphatic carbocycles. The molecule has 1 aromatic carbocycles. The molecule has 1 atom stereocenters. The van der Waals surface area contributed by atoms with E-state index >= 15 is 0 Å². The fraction of sp³-hybridized carbons (Fsp3) is 0.471. The topological polar surface area (TPSA) is 55.8 Å². The maximum atomic E-state index is 11.0. The number of rotatable bonds is 9. The van der Waals surface area contributed by atoms with Gasteiger partial charge in [-0.05, 0) is 44.0 Å². The van der Waals surface area contributed by atoms with Crippen molar-refractivity contribution in [1.82, 2.24) is 0 Å². The molecule has 0 amide bonds. The Bertz CT molecular complexity index is 462. The van der Waals surface area contributed by atoms with Crippen molar-refractivity contribution in [2.45, 2.75) is 39.7 Å². The first-order valence-corrected chi connectivity index (χ1v) is 7.28. The molecule has 4 heteroatoms. The number of hydrogen-bond donors (Lipinski definition) is 1. The Morgan fingerprint density at radius 3 is 2.48 bits per heavy atom. The van der Waals surface area contributed by atoms with Crippen molar-refractivity contribution in [2.75, 3.05) is 13.2 Å². The van der Waals surface area contributed by atoms with Crippen LogP contribution in [0.5, 0.6) is 5.75 Å². The zero-order valence-corrected chi connectivity index (χ0v) is 13.0. The average Bonchev–Trinajstić information content (AvgIpc) is 2.48. The summed E-state index contributed by atoms with van der Waals surface area (Å²) in [4.78, 5) is 11.0. The third-order valence-corrected chi connectivity index (χ3v) is 3.23. The van der Waals surface area contributed by atoms with Gasteiger partial charge >= 0.3 is 5.97 Å². The Kier molecular flexibility index (Phi) is 7.54. The fourth-order valence-corrected chi connectivity index (χ4v) is 1.78. The second-order valence-corrected chi connectivity index (χ2v) is 4.85. The molecule has 1 aromatic rings. The molecule has 0 fully saturated rings. The quantitative estimate of drug-likeness (QED) is 0.708. The summed E-state index contributed by atoms with van der Waals surface area (Å²) in [6, 6.07) is 7.46. The average molecular weight is 292 g/mol. The molecule has 1 N–H and O–H groups in total. The van der Waals surface area contributed by atoms with Crippen LogP contribution in [0.3, 0.4) is 0 Å². The minimum atomic E-state index is -0.933. The Morgan fingerprint density at radius 2 is 1.95 bits per heavy atom. The lowest BCUT2D eigenvalue weighted by atomic mass is 10.1. The van der Waals surface area contributed by atoms with Crippen molar-refractivity contribution in [3.8, 4) is 5.75 Å². The molecule has 0 radical (unpaired) electrons. The summed E-state index contributed by atoms with van der Waals surface area (Å²) in [7, 11) is 0. The first-order valence-electron chi connectivity index (χ1n) is 7.28. The Balaban J connectivity index is 2.55. The number of allylic oxidation sites excluding steroid dienone is 1. The number of carboxylic acid groups (broad SMARTS) is 1. The highest BCUT2D eigenvalue weighted by Crippen LogP contribution is 2.15. The number of carbonyl (C=O) groups is 1. The maximum Gasteiger partial charge on any atom is 0.333 e. The fourth-order valence-electron chi connectivity index (χ4n) is 1.78. The highest BCUT2D eigenvalue weighted by molar-refractivity contribution is 5.72. The minimum Gasteiger partial charge on any atom is -0.490 e. The van der Waals surface area contributed by atoms with Crippen molar-refractivity contribution in [3.63, 3.8) is 0 Å². The van der Waals surface area contributed by atoms with Crippen LogP contribution in [0.15, 0.2) is 35.9 Å². The largest absolute Gasteiger partial charge is 0.490 e. The molecule has 0 heterocycles. The van der Waals surface area contributed by atoms with Gasteiger partial charge in [-0.3, -0.25) is 0 Å². The second-order valence-electron chi connectivity index (χ2n) is 4.85. The van der Waals surface area contributed by atoms with Crippen LogP contribution in [-0.4, -0.2) is 30.4 Å². The van der Waals surface area contributed by atoms with Crippen LogP contribution < -0.4 is 4.74 Å². The van der Waals surface area contributed by atoms with Gasteiger partial charge in [0.15, 0.2) is 6.10 Å². The van der Waals surface area contributed by atoms with Gasteiger partial charge in [-0.2, -0.15) is 0 Å². The molecule has 0 saturated heterocycles. The van der Waals surface area contributed by atoms with Crippen molar-refractivity contribution < 1.29 is 19.4 Å². The van der Waals surface area contributed by atoms with Gasteiger partial charge in [-0.1, -0.05) is 24.6 Å². The van der Waals surface area contributed by atoms with Gasteiger partial charge in [-0.25, -0.2) is 4.79 Å². The molecular formula is C17H24O4. The first-order chi connectivity index (χ1) is 10.1. The molecule has 0 spiro atoms. The predicted molar refractivity (Wildman–Crippen MR) is 82.7 cm³/mol. The summed E-state index contributed by atoms with van der Waals surface area (Å²) < 4.78 is 10.8. The molecule has 21 heavy (non-hydrogen) atoms. The highest BCUT2D eigenvalue weighted by Gasteiger charge is 2.17. The summed E-state index contributed by atoms with van der Waals surface area (Å²) >= 11 is 0. The van der Waals surface area contributed by atoms with Crippen LogP contribution in [0.2, 0.25) is 0 Å². The third kappa shape index (κ3) is 6.45. The Morgan fingerprint density at radius 1 is 1.29 bits per heavy atom. The third-order valence-electron chi connectivity index (χ3n) is 3.23. The lowest BCUT2D eigenvalue weighted by molar-refractivity contribution is -0.149. The molecule has 0 saturated carbocycles. The van der Waals surface area contributed by atoms with Crippen molar-refractivity contribution in [1.29, 1.82) is 0 Å². The monoisotopic (exact) mass is 292 g/mol. The van der Waals surface area contributed by atoms with E-state index in [2.05, 4.69) is 19.9 Å². The van der Waals surface area contributed by atoms with E-state index in [0.29, 0.717) is 19.6 Å². The van der Waals surface area contributed by atoms with E-state index in [1.165, 1.54) is 5.57 Å². The molecule has 1 unspecified atom stereocenters. The molecule has 0 aliphatic rings. The van der Waals surface area contributed by atoms with Crippen LogP contribution in [0.25, 0.3) is 0 Å². The smallest absolute Gasteiger partial charge is 0.333 e. The summed E-state index contributed by atoms with van der Waals surface area (Å²) in [6.45, 7) is 6.92. The molecule has 4 nitrogen and oxygen atoms in total. The van der Waals surface area contributed by atoms with Crippen molar-refractivity contribution in [3.05, 3.63) is 41.5 Å². The van der Waals surface area contributed by atoms with Crippen LogP contribution >= 0.6 is 0 Å². The molecular weight excluding hydrogens is 268 g/mol. The van der Waals surface area contributed by atoms with E-state index in [1.807, 2.05) is 24.3 Å². The van der Waals surface area contributed by atoms with Crippen LogP contribution in [0, 0.1) is 0 Å². The van der Waals surface area contributed by atoms with Gasteiger partial charge < -0.3 is 14.6 Å². The molecule has 0 aliphatic heterocycles.